The first-order valence-electron chi connectivity index (χ1n) is 8.37. The van der Waals surface area contributed by atoms with Crippen molar-refractivity contribution in [3.63, 3.8) is 0 Å². The molecule has 0 aliphatic carbocycles. The Balaban J connectivity index is 1.86. The minimum Gasteiger partial charge on any atom is -0.338 e. The summed E-state index contributed by atoms with van der Waals surface area (Å²) in [6.07, 6.45) is 6.02. The van der Waals surface area contributed by atoms with Gasteiger partial charge in [-0.3, -0.25) is 9.69 Å². The summed E-state index contributed by atoms with van der Waals surface area (Å²) in [5.74, 6) is 0.313. The van der Waals surface area contributed by atoms with E-state index >= 15 is 0 Å². The van der Waals surface area contributed by atoms with E-state index in [1.807, 2.05) is 18.2 Å². The number of benzene rings is 1. The van der Waals surface area contributed by atoms with Crippen LogP contribution in [0, 0.1) is 0 Å². The van der Waals surface area contributed by atoms with Crippen molar-refractivity contribution in [2.45, 2.75) is 51.1 Å². The maximum absolute atomic E-state index is 13.1. The second kappa shape index (κ2) is 6.61. The van der Waals surface area contributed by atoms with Gasteiger partial charge in [-0.1, -0.05) is 36.8 Å². The first-order valence-corrected chi connectivity index (χ1v) is 8.37. The van der Waals surface area contributed by atoms with Crippen LogP contribution in [0.3, 0.4) is 0 Å². The fourth-order valence-corrected chi connectivity index (χ4v) is 3.74. The first-order chi connectivity index (χ1) is 10.3. The van der Waals surface area contributed by atoms with Crippen LogP contribution in [-0.2, 0) is 4.79 Å². The van der Waals surface area contributed by atoms with Crippen LogP contribution in [-0.4, -0.2) is 41.4 Å². The van der Waals surface area contributed by atoms with E-state index in [-0.39, 0.29) is 6.04 Å². The molecule has 1 aromatic rings. The maximum atomic E-state index is 13.1. The molecule has 2 heterocycles. The summed E-state index contributed by atoms with van der Waals surface area (Å²) >= 11 is 0. The fraction of sp³-hybridized carbons (Fsp3) is 0.611. The lowest BCUT2D eigenvalue weighted by Gasteiger charge is -2.37. The van der Waals surface area contributed by atoms with Crippen molar-refractivity contribution in [1.82, 2.24) is 9.80 Å². The zero-order valence-electron chi connectivity index (χ0n) is 13.0. The van der Waals surface area contributed by atoms with Gasteiger partial charge in [-0.15, -0.1) is 0 Å². The SMILES string of the molecule is CC1CCCN1C(=O)[C@@H](c1ccccc1)N1CCCCC1. The first kappa shape index (κ1) is 14.6. The molecule has 0 spiro atoms. The zero-order chi connectivity index (χ0) is 14.7. The normalized spacial score (nSPS) is 25.0. The van der Waals surface area contributed by atoms with Crippen LogP contribution in [0.4, 0.5) is 0 Å². The van der Waals surface area contributed by atoms with Crippen LogP contribution in [0.1, 0.15) is 50.6 Å². The average Bonchev–Trinajstić information content (AvgIpc) is 2.96. The molecular formula is C18H26N2O. The highest BCUT2D eigenvalue weighted by atomic mass is 16.2. The summed E-state index contributed by atoms with van der Waals surface area (Å²) in [5, 5.41) is 0. The van der Waals surface area contributed by atoms with E-state index in [1.54, 1.807) is 0 Å². The standard InChI is InChI=1S/C18H26N2O/c1-15-9-8-14-20(15)18(21)17(16-10-4-2-5-11-16)19-12-6-3-7-13-19/h2,4-5,10-11,15,17H,3,6-9,12-14H2,1H3/t15?,17-/m1/s1. The molecule has 1 unspecified atom stereocenters. The molecule has 2 atom stereocenters. The number of likely N-dealkylation sites (tertiary alicyclic amines) is 2. The molecule has 1 amide bonds. The Morgan fingerprint density at radius 3 is 2.38 bits per heavy atom. The minimum atomic E-state index is -0.0768. The van der Waals surface area contributed by atoms with Gasteiger partial charge in [0, 0.05) is 12.6 Å². The van der Waals surface area contributed by atoms with Crippen molar-refractivity contribution in [2.24, 2.45) is 0 Å². The monoisotopic (exact) mass is 286 g/mol. The summed E-state index contributed by atoms with van der Waals surface area (Å²) in [6.45, 7) is 5.21. The van der Waals surface area contributed by atoms with E-state index in [1.165, 1.54) is 19.3 Å². The second-order valence-corrected chi connectivity index (χ2v) is 6.43. The number of hydrogen-bond acceptors (Lipinski definition) is 2. The van der Waals surface area contributed by atoms with Crippen molar-refractivity contribution in [1.29, 1.82) is 0 Å². The van der Waals surface area contributed by atoms with Crippen molar-refractivity contribution < 1.29 is 4.79 Å². The Hall–Kier alpha value is -1.35. The van der Waals surface area contributed by atoms with E-state index in [0.717, 1.165) is 38.0 Å². The molecule has 114 valence electrons. The lowest BCUT2D eigenvalue weighted by Crippen LogP contribution is -2.45. The van der Waals surface area contributed by atoms with Crippen molar-refractivity contribution in [2.75, 3.05) is 19.6 Å². The molecule has 2 saturated heterocycles. The number of piperidine rings is 1. The predicted molar refractivity (Wildman–Crippen MR) is 85.0 cm³/mol. The Labute approximate surface area is 127 Å². The number of hydrogen-bond donors (Lipinski definition) is 0. The molecule has 2 aliphatic rings. The average molecular weight is 286 g/mol. The molecule has 2 aliphatic heterocycles. The Morgan fingerprint density at radius 1 is 1.05 bits per heavy atom. The van der Waals surface area contributed by atoms with Crippen molar-refractivity contribution in [3.8, 4) is 0 Å². The third kappa shape index (κ3) is 3.13. The van der Waals surface area contributed by atoms with Gasteiger partial charge in [0.2, 0.25) is 5.91 Å². The summed E-state index contributed by atoms with van der Waals surface area (Å²) in [4.78, 5) is 17.6. The summed E-state index contributed by atoms with van der Waals surface area (Å²) < 4.78 is 0. The Bertz CT molecular complexity index is 467. The molecule has 21 heavy (non-hydrogen) atoms. The van der Waals surface area contributed by atoms with Gasteiger partial charge in [0.25, 0.3) is 0 Å². The fourth-order valence-electron chi connectivity index (χ4n) is 3.74. The molecule has 0 bridgehead atoms. The van der Waals surface area contributed by atoms with E-state index < -0.39 is 0 Å². The number of amides is 1. The van der Waals surface area contributed by atoms with Crippen LogP contribution >= 0.6 is 0 Å². The Kier molecular flexibility index (Phi) is 4.59. The minimum absolute atomic E-state index is 0.0768. The molecule has 1 aromatic carbocycles. The molecule has 3 rings (SSSR count). The van der Waals surface area contributed by atoms with E-state index in [9.17, 15) is 4.79 Å². The van der Waals surface area contributed by atoms with Crippen LogP contribution in [0.25, 0.3) is 0 Å². The molecule has 3 nitrogen and oxygen atoms in total. The highest BCUT2D eigenvalue weighted by Gasteiger charge is 2.35. The number of carbonyl (C=O) groups excluding carboxylic acids is 1. The number of carbonyl (C=O) groups is 1. The lowest BCUT2D eigenvalue weighted by atomic mass is 10.00. The van der Waals surface area contributed by atoms with Crippen LogP contribution in [0.2, 0.25) is 0 Å². The molecule has 0 radical (unpaired) electrons. The molecular weight excluding hydrogens is 260 g/mol. The Morgan fingerprint density at radius 2 is 1.76 bits per heavy atom. The summed E-state index contributed by atoms with van der Waals surface area (Å²) in [6, 6.07) is 10.7. The van der Waals surface area contributed by atoms with E-state index in [2.05, 4.69) is 28.9 Å². The van der Waals surface area contributed by atoms with E-state index in [0.29, 0.717) is 11.9 Å². The van der Waals surface area contributed by atoms with Gasteiger partial charge >= 0.3 is 0 Å². The van der Waals surface area contributed by atoms with Gasteiger partial charge in [-0.05, 0) is 51.3 Å². The molecule has 0 N–H and O–H groups in total. The molecule has 3 heteroatoms. The maximum Gasteiger partial charge on any atom is 0.244 e. The highest BCUT2D eigenvalue weighted by molar-refractivity contribution is 5.83. The molecule has 0 aromatic heterocycles. The molecule has 2 fully saturated rings. The third-order valence-electron chi connectivity index (χ3n) is 4.94. The van der Waals surface area contributed by atoms with Gasteiger partial charge in [0.15, 0.2) is 0 Å². The number of rotatable bonds is 3. The second-order valence-electron chi connectivity index (χ2n) is 6.43. The summed E-state index contributed by atoms with van der Waals surface area (Å²) in [7, 11) is 0. The van der Waals surface area contributed by atoms with Crippen molar-refractivity contribution >= 4 is 5.91 Å². The predicted octanol–water partition coefficient (Wildman–Crippen LogP) is 3.22. The van der Waals surface area contributed by atoms with Gasteiger partial charge in [-0.2, -0.15) is 0 Å². The number of nitrogens with zero attached hydrogens (tertiary/aromatic N) is 2. The third-order valence-corrected chi connectivity index (χ3v) is 4.94. The molecule has 0 saturated carbocycles. The van der Waals surface area contributed by atoms with Gasteiger partial charge < -0.3 is 4.90 Å². The zero-order valence-corrected chi connectivity index (χ0v) is 13.0. The quantitative estimate of drug-likeness (QED) is 0.852. The van der Waals surface area contributed by atoms with Crippen LogP contribution in [0.5, 0.6) is 0 Å². The van der Waals surface area contributed by atoms with Crippen molar-refractivity contribution in [3.05, 3.63) is 35.9 Å². The van der Waals surface area contributed by atoms with Crippen LogP contribution in [0.15, 0.2) is 30.3 Å². The topological polar surface area (TPSA) is 23.6 Å². The largest absolute Gasteiger partial charge is 0.338 e. The smallest absolute Gasteiger partial charge is 0.244 e. The lowest BCUT2D eigenvalue weighted by molar-refractivity contribution is -0.138. The van der Waals surface area contributed by atoms with E-state index in [4.69, 9.17) is 0 Å². The highest BCUT2D eigenvalue weighted by Crippen LogP contribution is 2.29. The van der Waals surface area contributed by atoms with Gasteiger partial charge in [0.05, 0.1) is 0 Å². The summed E-state index contributed by atoms with van der Waals surface area (Å²) in [5.41, 5.74) is 1.16. The van der Waals surface area contributed by atoms with Gasteiger partial charge in [0.1, 0.15) is 6.04 Å². The van der Waals surface area contributed by atoms with Gasteiger partial charge in [-0.25, -0.2) is 0 Å². The van der Waals surface area contributed by atoms with Crippen LogP contribution < -0.4 is 0 Å².